The molecule has 0 bridgehead atoms. The van der Waals surface area contributed by atoms with Crippen molar-refractivity contribution in [2.45, 2.75) is 20.0 Å². The molecule has 0 aliphatic carbocycles. The molecule has 2 aromatic carbocycles. The molecule has 3 heterocycles. The van der Waals surface area contributed by atoms with Gasteiger partial charge in [-0.2, -0.15) is 0 Å². The van der Waals surface area contributed by atoms with Crippen LogP contribution < -0.4 is 5.32 Å². The third-order valence-electron chi connectivity index (χ3n) is 6.15. The van der Waals surface area contributed by atoms with Gasteiger partial charge in [-0.1, -0.05) is 30.3 Å². The van der Waals surface area contributed by atoms with Gasteiger partial charge in [0.05, 0.1) is 13.7 Å². The van der Waals surface area contributed by atoms with Crippen LogP contribution in [0.5, 0.6) is 0 Å². The number of nitrogens with zero attached hydrogens (tertiary/aromatic N) is 2. The Hall–Kier alpha value is -4.66. The van der Waals surface area contributed by atoms with E-state index in [1.807, 2.05) is 31.2 Å². The van der Waals surface area contributed by atoms with Crippen molar-refractivity contribution in [1.29, 1.82) is 0 Å². The molecule has 5 rings (SSSR count). The van der Waals surface area contributed by atoms with E-state index in [2.05, 4.69) is 14.6 Å². The SMILES string of the molecule is COC(=O)c1ccc(CN2C(=O)NC(=Cc3c(C)n(Cc4ccc(F)cc4)c4ccccc34)C2=O)o1. The van der Waals surface area contributed by atoms with Crippen molar-refractivity contribution in [2.75, 3.05) is 7.11 Å². The Morgan fingerprint density at radius 2 is 1.81 bits per heavy atom. The summed E-state index contributed by atoms with van der Waals surface area (Å²) in [5, 5.41) is 3.55. The van der Waals surface area contributed by atoms with E-state index in [9.17, 15) is 18.8 Å². The van der Waals surface area contributed by atoms with Crippen LogP contribution in [-0.4, -0.2) is 34.5 Å². The first-order chi connectivity index (χ1) is 17.4. The Balaban J connectivity index is 1.46. The summed E-state index contributed by atoms with van der Waals surface area (Å²) in [6.07, 6.45) is 1.67. The minimum atomic E-state index is -0.647. The summed E-state index contributed by atoms with van der Waals surface area (Å²) in [6, 6.07) is 16.4. The van der Waals surface area contributed by atoms with Gasteiger partial charge in [-0.25, -0.2) is 14.0 Å². The van der Waals surface area contributed by atoms with Gasteiger partial charge in [0.1, 0.15) is 17.3 Å². The van der Waals surface area contributed by atoms with E-state index in [4.69, 9.17) is 4.42 Å². The van der Waals surface area contributed by atoms with Gasteiger partial charge in [0.15, 0.2) is 0 Å². The van der Waals surface area contributed by atoms with E-state index >= 15 is 0 Å². The molecule has 182 valence electrons. The van der Waals surface area contributed by atoms with Crippen molar-refractivity contribution < 1.29 is 27.9 Å². The third kappa shape index (κ3) is 4.15. The summed E-state index contributed by atoms with van der Waals surface area (Å²) in [4.78, 5) is 38.3. The molecule has 1 fully saturated rings. The lowest BCUT2D eigenvalue weighted by Gasteiger charge is -2.09. The molecule has 0 atom stereocenters. The van der Waals surface area contributed by atoms with Crippen LogP contribution in [0.15, 0.2) is 70.8 Å². The largest absolute Gasteiger partial charge is 0.463 e. The van der Waals surface area contributed by atoms with Gasteiger partial charge in [-0.15, -0.1) is 0 Å². The lowest BCUT2D eigenvalue weighted by atomic mass is 10.1. The molecule has 1 aliphatic heterocycles. The zero-order valence-corrected chi connectivity index (χ0v) is 19.6. The highest BCUT2D eigenvalue weighted by molar-refractivity contribution is 6.14. The minimum absolute atomic E-state index is 0.0140. The number of methoxy groups -OCH3 is 1. The molecule has 0 radical (unpaired) electrons. The van der Waals surface area contributed by atoms with Crippen molar-refractivity contribution in [3.8, 4) is 0 Å². The van der Waals surface area contributed by atoms with Gasteiger partial charge < -0.3 is 19.0 Å². The number of halogens is 1. The summed E-state index contributed by atoms with van der Waals surface area (Å²) in [5.41, 5.74) is 3.70. The summed E-state index contributed by atoms with van der Waals surface area (Å²) >= 11 is 0. The number of ether oxygens (including phenoxy) is 1. The van der Waals surface area contributed by atoms with E-state index in [1.165, 1.54) is 31.4 Å². The first-order valence-electron chi connectivity index (χ1n) is 11.2. The molecule has 3 amide bonds. The van der Waals surface area contributed by atoms with Crippen LogP contribution in [0, 0.1) is 12.7 Å². The molecule has 2 aromatic heterocycles. The van der Waals surface area contributed by atoms with Gasteiger partial charge in [0.2, 0.25) is 5.76 Å². The fourth-order valence-electron chi connectivity index (χ4n) is 4.30. The lowest BCUT2D eigenvalue weighted by molar-refractivity contribution is -0.123. The van der Waals surface area contributed by atoms with Crippen LogP contribution in [0.1, 0.15) is 33.1 Å². The standard InChI is InChI=1S/C27H22FN3O5/c1-16-21(20-5-3-4-6-23(20)30(16)14-17-7-9-18(28)10-8-17)13-22-25(32)31(27(34)29-22)15-19-11-12-24(36-19)26(33)35-2/h3-13H,14-15H2,1-2H3,(H,29,34). The number of carbonyl (C=O) groups excluding carboxylic acids is 3. The highest BCUT2D eigenvalue weighted by atomic mass is 19.1. The second-order valence-corrected chi connectivity index (χ2v) is 8.37. The van der Waals surface area contributed by atoms with Crippen LogP contribution in [0.25, 0.3) is 17.0 Å². The van der Waals surface area contributed by atoms with Gasteiger partial charge >= 0.3 is 12.0 Å². The molecule has 1 aliphatic rings. The second kappa shape index (κ2) is 9.18. The average Bonchev–Trinajstić information content (AvgIpc) is 3.53. The Morgan fingerprint density at radius 3 is 2.56 bits per heavy atom. The maximum atomic E-state index is 13.4. The number of rotatable bonds is 6. The van der Waals surface area contributed by atoms with Crippen LogP contribution >= 0.6 is 0 Å². The number of para-hydroxylation sites is 1. The Bertz CT molecular complexity index is 1530. The van der Waals surface area contributed by atoms with Crippen LogP contribution in [0.2, 0.25) is 0 Å². The number of urea groups is 1. The van der Waals surface area contributed by atoms with Gasteiger partial charge in [0.25, 0.3) is 5.91 Å². The maximum absolute atomic E-state index is 13.4. The monoisotopic (exact) mass is 487 g/mol. The fraction of sp³-hybridized carbons (Fsp3) is 0.148. The number of benzene rings is 2. The molecule has 1 N–H and O–H groups in total. The Kier molecular flexibility index (Phi) is 5.89. The number of carbonyl (C=O) groups is 3. The summed E-state index contributed by atoms with van der Waals surface area (Å²) in [7, 11) is 1.23. The number of esters is 1. The molecular formula is C27H22FN3O5. The molecule has 0 unspecified atom stereocenters. The smallest absolute Gasteiger partial charge is 0.373 e. The van der Waals surface area contributed by atoms with Crippen LogP contribution in [0.4, 0.5) is 9.18 Å². The molecule has 36 heavy (non-hydrogen) atoms. The molecule has 4 aromatic rings. The number of nitrogens with one attached hydrogen (secondary N) is 1. The number of amides is 3. The highest BCUT2D eigenvalue weighted by Crippen LogP contribution is 2.30. The number of aromatic nitrogens is 1. The predicted molar refractivity (Wildman–Crippen MR) is 129 cm³/mol. The predicted octanol–water partition coefficient (Wildman–Crippen LogP) is 4.61. The first-order valence-corrected chi connectivity index (χ1v) is 11.2. The van der Waals surface area contributed by atoms with Crippen molar-refractivity contribution in [2.24, 2.45) is 0 Å². The highest BCUT2D eigenvalue weighted by Gasteiger charge is 2.35. The Labute approximate surface area is 205 Å². The third-order valence-corrected chi connectivity index (χ3v) is 6.15. The van der Waals surface area contributed by atoms with Crippen molar-refractivity contribution in [1.82, 2.24) is 14.8 Å². The summed E-state index contributed by atoms with van der Waals surface area (Å²) in [6.45, 7) is 2.32. The number of furan rings is 1. The molecule has 8 nitrogen and oxygen atoms in total. The molecule has 0 saturated carbocycles. The van der Waals surface area contributed by atoms with Crippen molar-refractivity contribution >= 4 is 34.9 Å². The molecule has 0 spiro atoms. The number of fused-ring (bicyclic) bond motifs is 1. The Morgan fingerprint density at radius 1 is 1.06 bits per heavy atom. The quantitative estimate of drug-likeness (QED) is 0.244. The minimum Gasteiger partial charge on any atom is -0.463 e. The van der Waals surface area contributed by atoms with E-state index in [1.54, 1.807) is 18.2 Å². The maximum Gasteiger partial charge on any atom is 0.373 e. The van der Waals surface area contributed by atoms with E-state index in [0.29, 0.717) is 6.54 Å². The zero-order chi connectivity index (χ0) is 25.4. The fourth-order valence-corrected chi connectivity index (χ4v) is 4.30. The van der Waals surface area contributed by atoms with E-state index in [-0.39, 0.29) is 29.6 Å². The molecular weight excluding hydrogens is 465 g/mol. The number of imide groups is 1. The second-order valence-electron chi connectivity index (χ2n) is 8.37. The summed E-state index contributed by atoms with van der Waals surface area (Å²) in [5.74, 6) is -1.20. The zero-order valence-electron chi connectivity index (χ0n) is 19.6. The van der Waals surface area contributed by atoms with E-state index in [0.717, 1.165) is 32.6 Å². The topological polar surface area (TPSA) is 93.8 Å². The van der Waals surface area contributed by atoms with Gasteiger partial charge in [-0.3, -0.25) is 9.69 Å². The van der Waals surface area contributed by atoms with Crippen LogP contribution in [0.3, 0.4) is 0 Å². The summed E-state index contributed by atoms with van der Waals surface area (Å²) < 4.78 is 25.5. The van der Waals surface area contributed by atoms with Crippen molar-refractivity contribution in [3.05, 3.63) is 101 Å². The first kappa shape index (κ1) is 23.1. The number of hydrogen-bond donors (Lipinski definition) is 1. The van der Waals surface area contributed by atoms with Gasteiger partial charge in [0, 0.05) is 28.7 Å². The van der Waals surface area contributed by atoms with Crippen LogP contribution in [-0.2, 0) is 22.6 Å². The number of hydrogen-bond acceptors (Lipinski definition) is 5. The van der Waals surface area contributed by atoms with E-state index < -0.39 is 17.9 Å². The lowest BCUT2D eigenvalue weighted by Crippen LogP contribution is -2.30. The van der Waals surface area contributed by atoms with Gasteiger partial charge in [-0.05, 0) is 48.9 Å². The molecule has 1 saturated heterocycles. The molecule has 9 heteroatoms. The van der Waals surface area contributed by atoms with Crippen molar-refractivity contribution in [3.63, 3.8) is 0 Å². The average molecular weight is 487 g/mol. The normalized spacial score (nSPS) is 14.6.